The second-order valence-corrected chi connectivity index (χ2v) is 6.78. The highest BCUT2D eigenvalue weighted by Crippen LogP contribution is 2.23. The number of esters is 1. The van der Waals surface area contributed by atoms with Crippen LogP contribution in [0.15, 0.2) is 57.5 Å². The van der Waals surface area contributed by atoms with E-state index in [-0.39, 0.29) is 12.5 Å². The van der Waals surface area contributed by atoms with Crippen molar-refractivity contribution in [2.24, 2.45) is 0 Å². The molecule has 0 fully saturated rings. The minimum absolute atomic E-state index is 0.244. The second-order valence-electron chi connectivity index (χ2n) is 6.00. The van der Waals surface area contributed by atoms with Crippen molar-refractivity contribution in [1.29, 1.82) is 0 Å². The normalized spacial score (nSPS) is 14.2. The predicted molar refractivity (Wildman–Crippen MR) is 100 cm³/mol. The molecular formula is C20H21NO4S. The van der Waals surface area contributed by atoms with Crippen LogP contribution in [0, 0.1) is 0 Å². The molecule has 2 heterocycles. The summed E-state index contributed by atoms with van der Waals surface area (Å²) in [5.74, 6) is -0.0690. The molecule has 26 heavy (non-hydrogen) atoms. The van der Waals surface area contributed by atoms with E-state index in [9.17, 15) is 9.59 Å². The SMILES string of the molecule is O=C(/C=C/c1ccsc1)OCC(=O)N(Cc1ccco1)C1=CCCCC1. The van der Waals surface area contributed by atoms with Gasteiger partial charge in [-0.1, -0.05) is 6.08 Å². The van der Waals surface area contributed by atoms with Crippen LogP contribution in [0.25, 0.3) is 6.08 Å². The highest BCUT2D eigenvalue weighted by atomic mass is 32.1. The Hall–Kier alpha value is -2.60. The smallest absolute Gasteiger partial charge is 0.331 e. The van der Waals surface area contributed by atoms with Crippen molar-refractivity contribution in [3.63, 3.8) is 0 Å². The molecule has 0 aliphatic heterocycles. The highest BCUT2D eigenvalue weighted by Gasteiger charge is 2.21. The zero-order valence-corrected chi connectivity index (χ0v) is 15.2. The number of nitrogens with zero attached hydrogens (tertiary/aromatic N) is 1. The molecule has 2 aromatic rings. The minimum atomic E-state index is -0.528. The molecule has 6 heteroatoms. The number of ether oxygens (including phenoxy) is 1. The third-order valence-electron chi connectivity index (χ3n) is 4.10. The van der Waals surface area contributed by atoms with Crippen LogP contribution in [0.5, 0.6) is 0 Å². The Balaban J connectivity index is 1.59. The average molecular weight is 371 g/mol. The first kappa shape index (κ1) is 18.2. The van der Waals surface area contributed by atoms with Gasteiger partial charge < -0.3 is 14.1 Å². The average Bonchev–Trinajstić information content (AvgIpc) is 3.37. The van der Waals surface area contributed by atoms with E-state index >= 15 is 0 Å². The van der Waals surface area contributed by atoms with Crippen molar-refractivity contribution in [3.8, 4) is 0 Å². The predicted octanol–water partition coefficient (Wildman–Crippen LogP) is 4.38. The van der Waals surface area contributed by atoms with Gasteiger partial charge in [-0.2, -0.15) is 11.3 Å². The van der Waals surface area contributed by atoms with Crippen LogP contribution in [-0.4, -0.2) is 23.4 Å². The Bertz CT molecular complexity index is 775. The molecule has 0 aromatic carbocycles. The minimum Gasteiger partial charge on any atom is -0.467 e. The van der Waals surface area contributed by atoms with Gasteiger partial charge in [-0.15, -0.1) is 0 Å². The molecule has 5 nitrogen and oxygen atoms in total. The summed E-state index contributed by atoms with van der Waals surface area (Å²) in [6.07, 6.45) is 10.7. The monoisotopic (exact) mass is 371 g/mol. The van der Waals surface area contributed by atoms with Crippen LogP contribution < -0.4 is 0 Å². The number of thiophene rings is 1. The van der Waals surface area contributed by atoms with Gasteiger partial charge in [0.15, 0.2) is 6.61 Å². The van der Waals surface area contributed by atoms with Gasteiger partial charge in [-0.3, -0.25) is 4.79 Å². The first-order valence-corrected chi connectivity index (χ1v) is 9.55. The molecule has 1 aliphatic rings. The summed E-state index contributed by atoms with van der Waals surface area (Å²) in [5, 5.41) is 3.86. The van der Waals surface area contributed by atoms with E-state index in [2.05, 4.69) is 6.08 Å². The van der Waals surface area contributed by atoms with Crippen molar-refractivity contribution in [2.45, 2.75) is 32.2 Å². The van der Waals surface area contributed by atoms with Crippen molar-refractivity contribution in [2.75, 3.05) is 6.61 Å². The fourth-order valence-corrected chi connectivity index (χ4v) is 3.40. The van der Waals surface area contributed by atoms with Gasteiger partial charge in [-0.25, -0.2) is 4.79 Å². The third kappa shape index (κ3) is 5.20. The fraction of sp³-hybridized carbons (Fsp3) is 0.300. The number of amides is 1. The molecule has 0 spiro atoms. The number of carbonyl (C=O) groups excluding carboxylic acids is 2. The molecule has 0 bridgehead atoms. The van der Waals surface area contributed by atoms with Gasteiger partial charge in [-0.05, 0) is 66.3 Å². The Morgan fingerprint density at radius 2 is 2.23 bits per heavy atom. The molecule has 0 radical (unpaired) electrons. The summed E-state index contributed by atoms with van der Waals surface area (Å²) in [6.45, 7) is 0.0603. The number of furan rings is 1. The molecule has 0 unspecified atom stereocenters. The van der Waals surface area contributed by atoms with Crippen LogP contribution in [0.4, 0.5) is 0 Å². The van der Waals surface area contributed by atoms with Gasteiger partial charge in [0, 0.05) is 11.8 Å². The molecule has 2 aromatic heterocycles. The first-order valence-electron chi connectivity index (χ1n) is 8.61. The Kier molecular flexibility index (Phi) is 6.44. The Labute approximate surface area is 156 Å². The van der Waals surface area contributed by atoms with Gasteiger partial charge in [0.05, 0.1) is 12.8 Å². The Morgan fingerprint density at radius 1 is 1.31 bits per heavy atom. The summed E-state index contributed by atoms with van der Waals surface area (Å²) < 4.78 is 10.5. The number of rotatable bonds is 7. The molecule has 0 N–H and O–H groups in total. The van der Waals surface area contributed by atoms with Crippen LogP contribution in [0.1, 0.15) is 37.0 Å². The largest absolute Gasteiger partial charge is 0.467 e. The number of carbonyl (C=O) groups is 2. The molecule has 3 rings (SSSR count). The molecule has 136 valence electrons. The maximum Gasteiger partial charge on any atom is 0.331 e. The van der Waals surface area contributed by atoms with Crippen molar-refractivity contribution < 1.29 is 18.7 Å². The highest BCUT2D eigenvalue weighted by molar-refractivity contribution is 7.08. The Morgan fingerprint density at radius 3 is 2.92 bits per heavy atom. The lowest BCUT2D eigenvalue weighted by atomic mass is 10.0. The number of hydrogen-bond donors (Lipinski definition) is 0. The van der Waals surface area contributed by atoms with Gasteiger partial charge in [0.1, 0.15) is 5.76 Å². The summed E-state index contributed by atoms with van der Waals surface area (Å²) in [6, 6.07) is 5.53. The summed E-state index contributed by atoms with van der Waals surface area (Å²) in [4.78, 5) is 26.2. The molecular weight excluding hydrogens is 350 g/mol. The maximum absolute atomic E-state index is 12.6. The van der Waals surface area contributed by atoms with Crippen LogP contribution >= 0.6 is 11.3 Å². The van der Waals surface area contributed by atoms with Crippen molar-refractivity contribution in [1.82, 2.24) is 4.90 Å². The molecule has 1 amide bonds. The third-order valence-corrected chi connectivity index (χ3v) is 4.80. The van der Waals surface area contributed by atoms with Gasteiger partial charge in [0.2, 0.25) is 0 Å². The molecule has 0 saturated heterocycles. The quantitative estimate of drug-likeness (QED) is 0.535. The van der Waals surface area contributed by atoms with E-state index < -0.39 is 5.97 Å². The molecule has 0 atom stereocenters. The summed E-state index contributed by atoms with van der Waals surface area (Å²) in [7, 11) is 0. The van der Waals surface area contributed by atoms with Crippen LogP contribution in [0.2, 0.25) is 0 Å². The number of hydrogen-bond acceptors (Lipinski definition) is 5. The standard InChI is InChI=1S/C20H21NO4S/c22-19(14-25-20(23)9-8-16-10-12-26-15-16)21(13-18-7-4-11-24-18)17-5-2-1-3-6-17/h4-5,7-12,15H,1-3,6,13-14H2/b9-8+. The first-order chi connectivity index (χ1) is 12.7. The lowest BCUT2D eigenvalue weighted by Crippen LogP contribution is -2.34. The van der Waals surface area contributed by atoms with E-state index in [1.54, 1.807) is 34.6 Å². The lowest BCUT2D eigenvalue weighted by Gasteiger charge is -2.26. The van der Waals surface area contributed by atoms with E-state index in [0.717, 1.165) is 36.9 Å². The fourth-order valence-electron chi connectivity index (χ4n) is 2.77. The van der Waals surface area contributed by atoms with Gasteiger partial charge >= 0.3 is 5.97 Å². The summed E-state index contributed by atoms with van der Waals surface area (Å²) >= 11 is 1.55. The van der Waals surface area contributed by atoms with Crippen molar-refractivity contribution in [3.05, 3.63) is 64.4 Å². The summed E-state index contributed by atoms with van der Waals surface area (Å²) in [5.41, 5.74) is 1.91. The molecule has 0 saturated carbocycles. The van der Waals surface area contributed by atoms with E-state index in [0.29, 0.717) is 12.3 Å². The van der Waals surface area contributed by atoms with E-state index in [1.807, 2.05) is 22.9 Å². The lowest BCUT2D eigenvalue weighted by molar-refractivity contribution is -0.147. The van der Waals surface area contributed by atoms with Crippen LogP contribution in [-0.2, 0) is 20.9 Å². The van der Waals surface area contributed by atoms with E-state index in [4.69, 9.17) is 9.15 Å². The number of allylic oxidation sites excluding steroid dienone is 2. The van der Waals surface area contributed by atoms with Crippen molar-refractivity contribution >= 4 is 29.3 Å². The van der Waals surface area contributed by atoms with E-state index in [1.165, 1.54) is 6.08 Å². The maximum atomic E-state index is 12.6. The topological polar surface area (TPSA) is 59.8 Å². The zero-order valence-electron chi connectivity index (χ0n) is 14.4. The zero-order chi connectivity index (χ0) is 18.2. The molecule has 1 aliphatic carbocycles. The van der Waals surface area contributed by atoms with Gasteiger partial charge in [0.25, 0.3) is 5.91 Å². The van der Waals surface area contributed by atoms with Crippen LogP contribution in [0.3, 0.4) is 0 Å². The second kappa shape index (κ2) is 9.20.